The van der Waals surface area contributed by atoms with Crippen molar-refractivity contribution in [2.24, 2.45) is 7.05 Å². The first-order valence-electron chi connectivity index (χ1n) is 6.55. The molecule has 0 aromatic carbocycles. The van der Waals surface area contributed by atoms with Gasteiger partial charge in [-0.25, -0.2) is 0 Å². The zero-order chi connectivity index (χ0) is 13.2. The quantitative estimate of drug-likeness (QED) is 0.864. The number of likely N-dealkylation sites (tertiary alicyclic amines) is 1. The molecule has 1 atom stereocenters. The molecule has 0 bridgehead atoms. The second kappa shape index (κ2) is 5.10. The van der Waals surface area contributed by atoms with Crippen molar-refractivity contribution < 1.29 is 9.90 Å². The summed E-state index contributed by atoms with van der Waals surface area (Å²) in [6.45, 7) is 3.57. The highest BCUT2D eigenvalue weighted by Crippen LogP contribution is 2.35. The minimum absolute atomic E-state index is 0.668. The van der Waals surface area contributed by atoms with Crippen LogP contribution in [0.3, 0.4) is 0 Å². The number of rotatable bonds is 5. The minimum atomic E-state index is -0.677. The Morgan fingerprint density at radius 1 is 1.61 bits per heavy atom. The first-order chi connectivity index (χ1) is 8.60. The lowest BCUT2D eigenvalue weighted by molar-refractivity contribution is -0.150. The average Bonchev–Trinajstić information content (AvgIpc) is 2.89. The van der Waals surface area contributed by atoms with Gasteiger partial charge in [0, 0.05) is 19.8 Å². The highest BCUT2D eigenvalue weighted by Gasteiger charge is 2.46. The van der Waals surface area contributed by atoms with Gasteiger partial charge < -0.3 is 5.11 Å². The Hall–Kier alpha value is -1.36. The molecule has 0 amide bonds. The standard InChI is InChI=1S/C13H21N3O2/c1-3-6-13(12(17)18)7-4-9-16(13)10-11-5-8-14-15(11)2/h5,8H,3-4,6-7,9-10H2,1-2H3,(H,17,18). The summed E-state index contributed by atoms with van der Waals surface area (Å²) in [4.78, 5) is 13.8. The second-order valence-corrected chi connectivity index (χ2v) is 5.06. The largest absolute Gasteiger partial charge is 0.480 e. The van der Waals surface area contributed by atoms with Crippen molar-refractivity contribution in [2.75, 3.05) is 6.54 Å². The predicted molar refractivity (Wildman–Crippen MR) is 68.1 cm³/mol. The third-order valence-corrected chi connectivity index (χ3v) is 3.96. The van der Waals surface area contributed by atoms with Crippen molar-refractivity contribution in [3.8, 4) is 0 Å². The minimum Gasteiger partial charge on any atom is -0.480 e. The molecule has 5 heteroatoms. The zero-order valence-corrected chi connectivity index (χ0v) is 11.1. The van der Waals surface area contributed by atoms with E-state index in [1.54, 1.807) is 6.20 Å². The van der Waals surface area contributed by atoms with Gasteiger partial charge in [0.05, 0.1) is 5.69 Å². The second-order valence-electron chi connectivity index (χ2n) is 5.06. The van der Waals surface area contributed by atoms with E-state index in [1.165, 1.54) is 0 Å². The van der Waals surface area contributed by atoms with E-state index in [0.717, 1.165) is 37.9 Å². The van der Waals surface area contributed by atoms with Crippen molar-refractivity contribution in [1.82, 2.24) is 14.7 Å². The van der Waals surface area contributed by atoms with Gasteiger partial charge in [0.25, 0.3) is 0 Å². The molecule has 1 aromatic heterocycles. The van der Waals surface area contributed by atoms with Crippen LogP contribution in [-0.4, -0.2) is 37.8 Å². The lowest BCUT2D eigenvalue weighted by Gasteiger charge is -2.34. The van der Waals surface area contributed by atoms with Crippen LogP contribution >= 0.6 is 0 Å². The molecule has 0 saturated carbocycles. The fourth-order valence-electron chi connectivity index (χ4n) is 2.96. The number of aromatic nitrogens is 2. The molecular weight excluding hydrogens is 230 g/mol. The van der Waals surface area contributed by atoms with Gasteiger partial charge in [-0.15, -0.1) is 0 Å². The first kappa shape index (κ1) is 13.1. The molecular formula is C13H21N3O2. The van der Waals surface area contributed by atoms with Crippen LogP contribution < -0.4 is 0 Å². The van der Waals surface area contributed by atoms with Crippen LogP contribution in [0.2, 0.25) is 0 Å². The van der Waals surface area contributed by atoms with Crippen LogP contribution in [0, 0.1) is 0 Å². The molecule has 1 saturated heterocycles. The summed E-state index contributed by atoms with van der Waals surface area (Å²) in [5.74, 6) is -0.677. The van der Waals surface area contributed by atoms with Gasteiger partial charge in [0.2, 0.25) is 0 Å². The normalized spacial score (nSPS) is 24.6. The number of carboxylic acids is 1. The third kappa shape index (κ3) is 2.14. The van der Waals surface area contributed by atoms with Gasteiger partial charge in [-0.3, -0.25) is 14.4 Å². The van der Waals surface area contributed by atoms with Crippen LogP contribution in [-0.2, 0) is 18.4 Å². The maximum absolute atomic E-state index is 11.7. The van der Waals surface area contributed by atoms with Gasteiger partial charge in [0.15, 0.2) is 0 Å². The van der Waals surface area contributed by atoms with E-state index in [0.29, 0.717) is 6.54 Å². The molecule has 100 valence electrons. The van der Waals surface area contributed by atoms with E-state index in [9.17, 15) is 9.90 Å². The summed E-state index contributed by atoms with van der Waals surface area (Å²) >= 11 is 0. The average molecular weight is 251 g/mol. The van der Waals surface area contributed by atoms with E-state index in [-0.39, 0.29) is 0 Å². The Morgan fingerprint density at radius 3 is 2.94 bits per heavy atom. The summed E-state index contributed by atoms with van der Waals surface area (Å²) in [6.07, 6.45) is 5.10. The molecule has 1 N–H and O–H groups in total. The Bertz CT molecular complexity index is 430. The highest BCUT2D eigenvalue weighted by atomic mass is 16.4. The highest BCUT2D eigenvalue weighted by molar-refractivity contribution is 5.79. The molecule has 0 aliphatic carbocycles. The van der Waals surface area contributed by atoms with Gasteiger partial charge in [0.1, 0.15) is 5.54 Å². The van der Waals surface area contributed by atoms with Gasteiger partial charge in [-0.05, 0) is 31.9 Å². The van der Waals surface area contributed by atoms with Gasteiger partial charge in [-0.2, -0.15) is 5.10 Å². The molecule has 18 heavy (non-hydrogen) atoms. The fourth-order valence-corrected chi connectivity index (χ4v) is 2.96. The van der Waals surface area contributed by atoms with Crippen LogP contribution in [0.1, 0.15) is 38.3 Å². The molecule has 1 unspecified atom stereocenters. The maximum atomic E-state index is 11.7. The summed E-state index contributed by atoms with van der Waals surface area (Å²) in [7, 11) is 1.90. The summed E-state index contributed by atoms with van der Waals surface area (Å²) < 4.78 is 1.82. The number of nitrogens with zero attached hydrogens (tertiary/aromatic N) is 3. The van der Waals surface area contributed by atoms with Crippen molar-refractivity contribution in [2.45, 2.75) is 44.7 Å². The lowest BCUT2D eigenvalue weighted by Crippen LogP contribution is -2.50. The number of carbonyl (C=O) groups is 1. The maximum Gasteiger partial charge on any atom is 0.324 e. The fraction of sp³-hybridized carbons (Fsp3) is 0.692. The smallest absolute Gasteiger partial charge is 0.324 e. The van der Waals surface area contributed by atoms with Crippen LogP contribution in [0.25, 0.3) is 0 Å². The Kier molecular flexibility index (Phi) is 3.71. The Morgan fingerprint density at radius 2 is 2.39 bits per heavy atom. The summed E-state index contributed by atoms with van der Waals surface area (Å²) in [5.41, 5.74) is 0.401. The van der Waals surface area contributed by atoms with Gasteiger partial charge in [-0.1, -0.05) is 13.3 Å². The molecule has 1 aliphatic heterocycles. The van der Waals surface area contributed by atoms with Crippen molar-refractivity contribution >= 4 is 5.97 Å². The molecule has 0 radical (unpaired) electrons. The third-order valence-electron chi connectivity index (χ3n) is 3.96. The topological polar surface area (TPSA) is 58.4 Å². The summed E-state index contributed by atoms with van der Waals surface area (Å²) in [5, 5.41) is 13.7. The van der Waals surface area contributed by atoms with Crippen LogP contribution in [0.15, 0.2) is 12.3 Å². The van der Waals surface area contributed by atoms with E-state index < -0.39 is 11.5 Å². The number of hydrogen-bond acceptors (Lipinski definition) is 3. The van der Waals surface area contributed by atoms with E-state index in [4.69, 9.17) is 0 Å². The lowest BCUT2D eigenvalue weighted by atomic mass is 9.90. The Labute approximate surface area is 107 Å². The SMILES string of the molecule is CCCC1(C(=O)O)CCCN1Cc1ccnn1C. The van der Waals surface area contributed by atoms with Crippen molar-refractivity contribution in [3.05, 3.63) is 18.0 Å². The molecule has 1 aliphatic rings. The number of hydrogen-bond donors (Lipinski definition) is 1. The molecule has 2 rings (SSSR count). The van der Waals surface area contributed by atoms with E-state index >= 15 is 0 Å². The van der Waals surface area contributed by atoms with Crippen molar-refractivity contribution in [3.63, 3.8) is 0 Å². The zero-order valence-electron chi connectivity index (χ0n) is 11.1. The number of aryl methyl sites for hydroxylation is 1. The van der Waals surface area contributed by atoms with Crippen LogP contribution in [0.4, 0.5) is 0 Å². The molecule has 1 aromatic rings. The molecule has 0 spiro atoms. The van der Waals surface area contributed by atoms with Crippen LogP contribution in [0.5, 0.6) is 0 Å². The summed E-state index contributed by atoms with van der Waals surface area (Å²) in [6, 6.07) is 1.96. The monoisotopic (exact) mass is 251 g/mol. The Balaban J connectivity index is 2.20. The van der Waals surface area contributed by atoms with Crippen molar-refractivity contribution in [1.29, 1.82) is 0 Å². The van der Waals surface area contributed by atoms with E-state index in [2.05, 4.69) is 10.00 Å². The molecule has 2 heterocycles. The van der Waals surface area contributed by atoms with Gasteiger partial charge >= 0.3 is 5.97 Å². The molecule has 1 fully saturated rings. The number of aliphatic carboxylic acids is 1. The number of carboxylic acid groups (broad SMARTS) is 1. The molecule has 5 nitrogen and oxygen atoms in total. The van der Waals surface area contributed by atoms with E-state index in [1.807, 2.05) is 24.7 Å². The predicted octanol–water partition coefficient (Wildman–Crippen LogP) is 1.64. The first-order valence-corrected chi connectivity index (χ1v) is 6.55.